The zero-order valence-corrected chi connectivity index (χ0v) is 11.1. The summed E-state index contributed by atoms with van der Waals surface area (Å²) in [7, 11) is 2.10. The Labute approximate surface area is 64.3 Å². The summed E-state index contributed by atoms with van der Waals surface area (Å²) in [5.74, 6) is 0. The Morgan fingerprint density at radius 1 is 1.75 bits per heavy atom. The summed E-state index contributed by atoms with van der Waals surface area (Å²) in [6, 6.07) is 4.29. The number of aryl methyl sites for hydroxylation is 1. The molecule has 0 amide bonds. The zero-order valence-electron chi connectivity index (χ0n) is 5.39. The molecule has 0 aromatic carbocycles. The molecule has 0 bridgehead atoms. The summed E-state index contributed by atoms with van der Waals surface area (Å²) in [5, 5.41) is 0. The van der Waals surface area contributed by atoms with Gasteiger partial charge in [-0.1, -0.05) is 0 Å². The number of hydrogen-bond acceptors (Lipinski definition) is 0. The van der Waals surface area contributed by atoms with Crippen LogP contribution < -0.4 is 0 Å². The van der Waals surface area contributed by atoms with Crippen molar-refractivity contribution in [3.63, 3.8) is 0 Å². The summed E-state index contributed by atoms with van der Waals surface area (Å²) in [4.78, 5) is 0. The molecule has 0 N–H and O–H groups in total. The van der Waals surface area contributed by atoms with E-state index in [0.717, 1.165) is 24.4 Å². The van der Waals surface area contributed by atoms with E-state index in [1.165, 1.54) is 9.87 Å². The predicted octanol–water partition coefficient (Wildman–Crippen LogP) is 0.158. The standard InChI is InChI=1S/C6H8N.In.2H/c1-6-4-3-5-7(6)2;;;/h3-5H,1H2,2H3;;;. The Kier molecular flexibility index (Phi) is 2.06. The molecule has 0 aliphatic heterocycles. The summed E-state index contributed by atoms with van der Waals surface area (Å²) < 4.78 is 3.53. The molecule has 1 aromatic heterocycles. The second-order valence-corrected chi connectivity index (χ2v) is 3.98. The van der Waals surface area contributed by atoms with Crippen LogP contribution in [0.4, 0.5) is 0 Å². The van der Waals surface area contributed by atoms with Crippen molar-refractivity contribution >= 4 is 24.4 Å². The van der Waals surface area contributed by atoms with Crippen LogP contribution in [0.25, 0.3) is 0 Å². The molecule has 2 heteroatoms. The first kappa shape index (κ1) is 6.27. The van der Waals surface area contributed by atoms with Crippen molar-refractivity contribution in [1.29, 1.82) is 0 Å². The molecule has 0 saturated heterocycles. The summed E-state index contributed by atoms with van der Waals surface area (Å²) >= 11 is 0.813. The molecule has 1 nitrogen and oxygen atoms in total. The average Bonchev–Trinajstić information content (AvgIpc) is 2.14. The van der Waals surface area contributed by atoms with Gasteiger partial charge in [0.25, 0.3) is 0 Å². The molecule has 8 heavy (non-hydrogen) atoms. The van der Waals surface area contributed by atoms with E-state index in [-0.39, 0.29) is 0 Å². The van der Waals surface area contributed by atoms with Gasteiger partial charge in [0.05, 0.1) is 0 Å². The van der Waals surface area contributed by atoms with Gasteiger partial charge in [-0.05, 0) is 0 Å². The van der Waals surface area contributed by atoms with Crippen LogP contribution in [0, 0.1) is 0 Å². The van der Waals surface area contributed by atoms with E-state index >= 15 is 0 Å². The fourth-order valence-electron chi connectivity index (χ4n) is 0.864. The summed E-state index contributed by atoms with van der Waals surface area (Å²) in [5.41, 5.74) is 1.49. The third-order valence-corrected chi connectivity index (χ3v) is 3.48. The number of rotatable bonds is 1. The Bertz CT molecular complexity index is 169. The first-order chi connectivity index (χ1) is 3.84. The van der Waals surface area contributed by atoms with Crippen molar-refractivity contribution < 1.29 is 0 Å². The molecule has 1 heterocycles. The first-order valence-electron chi connectivity index (χ1n) is 2.95. The van der Waals surface area contributed by atoms with Gasteiger partial charge in [-0.15, -0.1) is 0 Å². The van der Waals surface area contributed by atoms with Gasteiger partial charge < -0.3 is 0 Å². The van der Waals surface area contributed by atoms with E-state index in [1.807, 2.05) is 0 Å². The van der Waals surface area contributed by atoms with E-state index < -0.39 is 0 Å². The second kappa shape index (κ2) is 2.63. The van der Waals surface area contributed by atoms with E-state index in [2.05, 4.69) is 29.9 Å². The molecule has 0 saturated carbocycles. The number of hydrogen-bond donors (Lipinski definition) is 0. The normalized spacial score (nSPS) is 9.62. The van der Waals surface area contributed by atoms with Gasteiger partial charge in [-0.25, -0.2) is 0 Å². The van der Waals surface area contributed by atoms with E-state index in [9.17, 15) is 0 Å². The van der Waals surface area contributed by atoms with Crippen molar-refractivity contribution in [2.45, 2.75) is 4.18 Å². The Balaban J connectivity index is 2.92. The van der Waals surface area contributed by atoms with Crippen LogP contribution in [0.15, 0.2) is 18.3 Å². The van der Waals surface area contributed by atoms with Crippen molar-refractivity contribution in [2.75, 3.05) is 0 Å². The van der Waals surface area contributed by atoms with Crippen LogP contribution in [0.1, 0.15) is 5.69 Å². The molecule has 0 atom stereocenters. The number of nitrogens with zero attached hydrogens (tertiary/aromatic N) is 1. The molecule has 42 valence electrons. The summed E-state index contributed by atoms with van der Waals surface area (Å²) in [6.45, 7) is 0. The minimum absolute atomic E-state index is 0.813. The second-order valence-electron chi connectivity index (χ2n) is 1.96. The molecule has 1 rings (SSSR count). The fraction of sp³-hybridized carbons (Fsp3) is 0.333. The van der Waals surface area contributed by atoms with Crippen molar-refractivity contribution in [3.05, 3.63) is 24.0 Å². The van der Waals surface area contributed by atoms with Crippen LogP contribution in [0.5, 0.6) is 0 Å². The van der Waals surface area contributed by atoms with Gasteiger partial charge in [0.1, 0.15) is 0 Å². The Morgan fingerprint density at radius 3 is 2.75 bits per heavy atom. The molecular formula is C6H10InN. The Morgan fingerprint density at radius 2 is 2.50 bits per heavy atom. The Hall–Kier alpha value is 0.150. The van der Waals surface area contributed by atoms with Crippen LogP contribution >= 0.6 is 0 Å². The van der Waals surface area contributed by atoms with Crippen LogP contribution in [0.2, 0.25) is 0 Å². The first-order valence-corrected chi connectivity index (χ1v) is 6.98. The molecule has 1 aromatic rings. The zero-order chi connectivity index (χ0) is 5.98. The molecule has 0 unspecified atom stereocenters. The van der Waals surface area contributed by atoms with Crippen molar-refractivity contribution in [3.8, 4) is 0 Å². The van der Waals surface area contributed by atoms with Crippen LogP contribution in [-0.4, -0.2) is 28.9 Å². The molecule has 0 radical (unpaired) electrons. The van der Waals surface area contributed by atoms with Gasteiger partial charge in [0, 0.05) is 0 Å². The molecular weight excluding hydrogens is 201 g/mol. The SMILES string of the molecule is Cn1cccc1[CH2][InH2]. The maximum atomic E-state index is 2.19. The predicted molar refractivity (Wildman–Crippen MR) is 37.7 cm³/mol. The maximum absolute atomic E-state index is 2.19. The van der Waals surface area contributed by atoms with Crippen molar-refractivity contribution in [1.82, 2.24) is 4.57 Å². The van der Waals surface area contributed by atoms with E-state index in [4.69, 9.17) is 0 Å². The topological polar surface area (TPSA) is 4.93 Å². The van der Waals surface area contributed by atoms with Gasteiger partial charge in [0.15, 0.2) is 0 Å². The van der Waals surface area contributed by atoms with Gasteiger partial charge in [-0.3, -0.25) is 0 Å². The van der Waals surface area contributed by atoms with E-state index in [1.54, 1.807) is 0 Å². The third-order valence-electron chi connectivity index (χ3n) is 1.41. The number of aromatic nitrogens is 1. The average molecular weight is 211 g/mol. The molecule has 0 fully saturated rings. The quantitative estimate of drug-likeness (QED) is 0.623. The van der Waals surface area contributed by atoms with Crippen LogP contribution in [0.3, 0.4) is 0 Å². The fourth-order valence-corrected chi connectivity index (χ4v) is 2.96. The summed E-state index contributed by atoms with van der Waals surface area (Å²) in [6.07, 6.45) is 2.10. The third kappa shape index (κ3) is 1.10. The monoisotopic (exact) mass is 211 g/mol. The van der Waals surface area contributed by atoms with E-state index in [0.29, 0.717) is 0 Å². The van der Waals surface area contributed by atoms with Crippen LogP contribution in [-0.2, 0) is 11.2 Å². The van der Waals surface area contributed by atoms with Gasteiger partial charge in [0.2, 0.25) is 0 Å². The minimum atomic E-state index is 0.813. The van der Waals surface area contributed by atoms with Gasteiger partial charge in [-0.2, -0.15) is 0 Å². The van der Waals surface area contributed by atoms with Gasteiger partial charge >= 0.3 is 64.2 Å². The van der Waals surface area contributed by atoms with Crippen molar-refractivity contribution in [2.24, 2.45) is 7.05 Å². The molecule has 0 aliphatic carbocycles. The molecule has 0 aliphatic rings. The molecule has 0 spiro atoms.